The van der Waals surface area contributed by atoms with Gasteiger partial charge < -0.3 is 20.7 Å². The lowest BCUT2D eigenvalue weighted by Crippen LogP contribution is -2.43. The molecule has 146 valence electrons. The van der Waals surface area contributed by atoms with Gasteiger partial charge in [0.15, 0.2) is 0 Å². The number of rotatable bonds is 6. The van der Waals surface area contributed by atoms with Crippen molar-refractivity contribution in [2.75, 3.05) is 19.8 Å². The molecule has 0 unspecified atom stereocenters. The van der Waals surface area contributed by atoms with E-state index in [4.69, 9.17) is 4.74 Å². The number of amides is 3. The highest BCUT2D eigenvalue weighted by molar-refractivity contribution is 5.96. The van der Waals surface area contributed by atoms with E-state index in [2.05, 4.69) is 16.0 Å². The smallest absolute Gasteiger partial charge is 0.251 e. The molecular formula is C20H27N3O4. The molecule has 0 aromatic heterocycles. The summed E-state index contributed by atoms with van der Waals surface area (Å²) < 4.78 is 5.29. The Morgan fingerprint density at radius 1 is 0.926 bits per heavy atom. The van der Waals surface area contributed by atoms with Crippen LogP contribution in [-0.4, -0.2) is 49.6 Å². The minimum atomic E-state index is -0.265. The topological polar surface area (TPSA) is 96.5 Å². The average Bonchev–Trinajstić information content (AvgIpc) is 3.14. The van der Waals surface area contributed by atoms with Crippen LogP contribution in [0, 0.1) is 5.92 Å². The van der Waals surface area contributed by atoms with Crippen molar-refractivity contribution >= 4 is 17.7 Å². The van der Waals surface area contributed by atoms with E-state index in [0.29, 0.717) is 18.8 Å². The fraction of sp³-hybridized carbons (Fsp3) is 0.550. The molecule has 2 atom stereocenters. The standard InChI is InChI=1S/C20H27N3O4/c24-18(13-21-19(25)14-4-2-1-3-5-14)22-16-6-7-17(12-16)23-20(26)15-8-10-27-11-9-15/h1-5,15-17H,6-13H2,(H,21,25)(H,22,24)(H,23,26)/t16-,17+/m1/s1. The summed E-state index contributed by atoms with van der Waals surface area (Å²) in [4.78, 5) is 36.3. The van der Waals surface area contributed by atoms with E-state index in [1.165, 1.54) is 0 Å². The van der Waals surface area contributed by atoms with Gasteiger partial charge in [-0.1, -0.05) is 18.2 Å². The highest BCUT2D eigenvalue weighted by atomic mass is 16.5. The van der Waals surface area contributed by atoms with Crippen LogP contribution in [0.2, 0.25) is 0 Å². The van der Waals surface area contributed by atoms with Crippen LogP contribution in [0.4, 0.5) is 0 Å². The molecule has 3 N–H and O–H groups in total. The summed E-state index contributed by atoms with van der Waals surface area (Å²) in [5.74, 6) is -0.328. The molecule has 0 radical (unpaired) electrons. The summed E-state index contributed by atoms with van der Waals surface area (Å²) in [6, 6.07) is 8.94. The van der Waals surface area contributed by atoms with Crippen LogP contribution in [0.25, 0.3) is 0 Å². The first kappa shape index (κ1) is 19.4. The second-order valence-electron chi connectivity index (χ2n) is 7.22. The summed E-state index contributed by atoms with van der Waals surface area (Å²) >= 11 is 0. The predicted octanol–water partition coefficient (Wildman–Crippen LogP) is 0.996. The minimum Gasteiger partial charge on any atom is -0.381 e. The second-order valence-corrected chi connectivity index (χ2v) is 7.22. The van der Waals surface area contributed by atoms with Gasteiger partial charge in [-0.25, -0.2) is 0 Å². The van der Waals surface area contributed by atoms with Crippen molar-refractivity contribution in [3.05, 3.63) is 35.9 Å². The third kappa shape index (κ3) is 5.79. The molecule has 1 heterocycles. The predicted molar refractivity (Wildman–Crippen MR) is 100 cm³/mol. The van der Waals surface area contributed by atoms with Crippen molar-refractivity contribution in [1.29, 1.82) is 0 Å². The summed E-state index contributed by atoms with van der Waals surface area (Å²) in [6.07, 6.45) is 3.97. The van der Waals surface area contributed by atoms with Crippen molar-refractivity contribution in [1.82, 2.24) is 16.0 Å². The van der Waals surface area contributed by atoms with Gasteiger partial charge in [0.25, 0.3) is 5.91 Å². The van der Waals surface area contributed by atoms with Gasteiger partial charge in [0.2, 0.25) is 11.8 Å². The maximum absolute atomic E-state index is 12.3. The lowest BCUT2D eigenvalue weighted by Gasteiger charge is -2.23. The minimum absolute atomic E-state index is 0.0334. The molecule has 0 bridgehead atoms. The number of benzene rings is 1. The van der Waals surface area contributed by atoms with Crippen molar-refractivity contribution in [3.63, 3.8) is 0 Å². The first-order chi connectivity index (χ1) is 13.1. The summed E-state index contributed by atoms with van der Waals surface area (Å²) in [7, 11) is 0. The Hall–Kier alpha value is -2.41. The second kappa shape index (κ2) is 9.50. The summed E-state index contributed by atoms with van der Waals surface area (Å²) in [5, 5.41) is 8.68. The average molecular weight is 373 g/mol. The van der Waals surface area contributed by atoms with Gasteiger partial charge in [0.05, 0.1) is 6.54 Å². The SMILES string of the molecule is O=C(CNC(=O)c1ccccc1)N[C@@H]1CC[C@H](NC(=O)C2CCOCC2)C1. The van der Waals surface area contributed by atoms with Gasteiger partial charge in [-0.15, -0.1) is 0 Å². The zero-order valence-electron chi connectivity index (χ0n) is 15.4. The molecule has 2 aliphatic rings. The Kier molecular flexibility index (Phi) is 6.81. The van der Waals surface area contributed by atoms with E-state index in [1.807, 2.05) is 6.07 Å². The van der Waals surface area contributed by atoms with Gasteiger partial charge >= 0.3 is 0 Å². The Morgan fingerprint density at radius 3 is 2.30 bits per heavy atom. The summed E-state index contributed by atoms with van der Waals surface area (Å²) in [5.41, 5.74) is 0.530. The van der Waals surface area contributed by atoms with Crippen LogP contribution >= 0.6 is 0 Å². The lowest BCUT2D eigenvalue weighted by molar-refractivity contribution is -0.128. The van der Waals surface area contributed by atoms with Crippen LogP contribution in [-0.2, 0) is 14.3 Å². The van der Waals surface area contributed by atoms with Gasteiger partial charge in [-0.3, -0.25) is 14.4 Å². The van der Waals surface area contributed by atoms with E-state index >= 15 is 0 Å². The highest BCUT2D eigenvalue weighted by Crippen LogP contribution is 2.21. The molecule has 1 saturated heterocycles. The van der Waals surface area contributed by atoms with Crippen molar-refractivity contribution < 1.29 is 19.1 Å². The van der Waals surface area contributed by atoms with E-state index in [1.54, 1.807) is 24.3 Å². The number of ether oxygens (including phenoxy) is 1. The fourth-order valence-corrected chi connectivity index (χ4v) is 3.65. The van der Waals surface area contributed by atoms with E-state index < -0.39 is 0 Å². The molecular weight excluding hydrogens is 346 g/mol. The number of hydrogen-bond donors (Lipinski definition) is 3. The zero-order valence-corrected chi connectivity index (χ0v) is 15.4. The molecule has 1 saturated carbocycles. The van der Waals surface area contributed by atoms with Crippen molar-refractivity contribution in [2.45, 2.75) is 44.2 Å². The first-order valence-corrected chi connectivity index (χ1v) is 9.62. The molecule has 2 fully saturated rings. The molecule has 7 heteroatoms. The maximum Gasteiger partial charge on any atom is 0.251 e. The Bertz CT molecular complexity index is 658. The van der Waals surface area contributed by atoms with Gasteiger partial charge in [0, 0.05) is 36.8 Å². The van der Waals surface area contributed by atoms with Crippen LogP contribution in [0.1, 0.15) is 42.5 Å². The largest absolute Gasteiger partial charge is 0.381 e. The third-order valence-electron chi connectivity index (χ3n) is 5.18. The quantitative estimate of drug-likeness (QED) is 0.693. The fourth-order valence-electron chi connectivity index (χ4n) is 3.65. The van der Waals surface area contributed by atoms with Crippen molar-refractivity contribution in [2.24, 2.45) is 5.92 Å². The maximum atomic E-state index is 12.3. The molecule has 27 heavy (non-hydrogen) atoms. The number of carbonyl (C=O) groups is 3. The van der Waals surface area contributed by atoms with Crippen LogP contribution in [0.15, 0.2) is 30.3 Å². The van der Waals surface area contributed by atoms with Crippen molar-refractivity contribution in [3.8, 4) is 0 Å². The molecule has 3 rings (SSSR count). The Balaban J connectivity index is 1.36. The monoisotopic (exact) mass is 373 g/mol. The molecule has 7 nitrogen and oxygen atoms in total. The highest BCUT2D eigenvalue weighted by Gasteiger charge is 2.29. The molecule has 1 aliphatic heterocycles. The Morgan fingerprint density at radius 2 is 1.59 bits per heavy atom. The number of hydrogen-bond acceptors (Lipinski definition) is 4. The van der Waals surface area contributed by atoms with Gasteiger partial charge in [-0.2, -0.15) is 0 Å². The molecule has 1 aromatic rings. The van der Waals surface area contributed by atoms with Gasteiger partial charge in [0.1, 0.15) is 0 Å². The molecule has 1 aromatic carbocycles. The van der Waals surface area contributed by atoms with E-state index in [0.717, 1.165) is 32.1 Å². The van der Waals surface area contributed by atoms with Gasteiger partial charge in [-0.05, 0) is 44.2 Å². The van der Waals surface area contributed by atoms with E-state index in [9.17, 15) is 14.4 Å². The molecule has 3 amide bonds. The van der Waals surface area contributed by atoms with Crippen LogP contribution in [0.3, 0.4) is 0 Å². The number of carbonyl (C=O) groups excluding carboxylic acids is 3. The van der Waals surface area contributed by atoms with Crippen LogP contribution < -0.4 is 16.0 Å². The Labute approximate surface area is 159 Å². The molecule has 1 aliphatic carbocycles. The van der Waals surface area contributed by atoms with E-state index in [-0.39, 0.29) is 42.3 Å². The molecule has 0 spiro atoms. The first-order valence-electron chi connectivity index (χ1n) is 9.62. The third-order valence-corrected chi connectivity index (χ3v) is 5.18. The van der Waals surface area contributed by atoms with Crippen LogP contribution in [0.5, 0.6) is 0 Å². The summed E-state index contributed by atoms with van der Waals surface area (Å²) in [6.45, 7) is 1.25. The normalized spacial score (nSPS) is 22.8. The lowest BCUT2D eigenvalue weighted by atomic mass is 9.99. The number of nitrogens with one attached hydrogen (secondary N) is 3. The zero-order chi connectivity index (χ0) is 19.1.